The van der Waals surface area contributed by atoms with Crippen molar-refractivity contribution >= 4 is 14.1 Å². The van der Waals surface area contributed by atoms with Gasteiger partial charge in [-0.2, -0.15) is 0 Å². The molecule has 1 aliphatic rings. The lowest BCUT2D eigenvalue weighted by molar-refractivity contribution is -0.114. The lowest BCUT2D eigenvalue weighted by atomic mass is 9.97. The van der Waals surface area contributed by atoms with E-state index in [1.165, 1.54) is 0 Å². The SMILES string of the molecule is CC(COP1(=O)OCC(C)(C)CO1)OCC=O. The highest BCUT2D eigenvalue weighted by atomic mass is 31.2. The average Bonchev–Trinajstić information content (AvgIpc) is 2.29. The zero-order chi connectivity index (χ0) is 12.9. The van der Waals surface area contributed by atoms with Crippen molar-refractivity contribution < 1.29 is 27.7 Å². The number of phosphoric acid groups is 1. The number of carbonyl (C=O) groups excluding carboxylic acids is 1. The van der Waals surface area contributed by atoms with Crippen LogP contribution in [0.5, 0.6) is 0 Å². The van der Waals surface area contributed by atoms with Gasteiger partial charge in [-0.3, -0.25) is 13.6 Å². The van der Waals surface area contributed by atoms with Crippen LogP contribution in [-0.2, 0) is 27.7 Å². The molecule has 1 saturated heterocycles. The first-order valence-electron chi connectivity index (χ1n) is 5.46. The van der Waals surface area contributed by atoms with Gasteiger partial charge in [0.2, 0.25) is 0 Å². The molecule has 1 aliphatic heterocycles. The molecule has 1 atom stereocenters. The van der Waals surface area contributed by atoms with Crippen LogP contribution in [0.25, 0.3) is 0 Å². The van der Waals surface area contributed by atoms with Crippen LogP contribution >= 0.6 is 7.82 Å². The molecule has 0 bridgehead atoms. The van der Waals surface area contributed by atoms with Crippen LogP contribution in [-0.4, -0.2) is 38.8 Å². The molecule has 0 aromatic rings. The normalized spacial score (nSPS) is 24.2. The Morgan fingerprint density at radius 1 is 1.41 bits per heavy atom. The van der Waals surface area contributed by atoms with E-state index in [1.807, 2.05) is 13.8 Å². The summed E-state index contributed by atoms with van der Waals surface area (Å²) in [4.78, 5) is 10.1. The third kappa shape index (κ3) is 5.27. The van der Waals surface area contributed by atoms with Crippen molar-refractivity contribution in [3.63, 3.8) is 0 Å². The minimum Gasteiger partial charge on any atom is -0.369 e. The lowest BCUT2D eigenvalue weighted by Crippen LogP contribution is -2.30. The number of ether oxygens (including phenoxy) is 1. The standard InChI is InChI=1S/C10H19O6P/c1-9(13-5-4-11)6-14-17(12)15-7-10(2,3)8-16-17/h4,9H,5-8H2,1-3H3. The summed E-state index contributed by atoms with van der Waals surface area (Å²) in [5.74, 6) is 0. The Kier molecular flexibility index (Phi) is 5.28. The van der Waals surface area contributed by atoms with E-state index in [2.05, 4.69) is 0 Å². The molecule has 1 heterocycles. The summed E-state index contributed by atoms with van der Waals surface area (Å²) in [6.45, 7) is 6.32. The second kappa shape index (κ2) is 6.07. The number of aldehydes is 1. The van der Waals surface area contributed by atoms with Crippen LogP contribution in [0.4, 0.5) is 0 Å². The van der Waals surface area contributed by atoms with E-state index in [9.17, 15) is 9.36 Å². The largest absolute Gasteiger partial charge is 0.474 e. The fraction of sp³-hybridized carbons (Fsp3) is 0.900. The van der Waals surface area contributed by atoms with Gasteiger partial charge in [-0.05, 0) is 6.92 Å². The van der Waals surface area contributed by atoms with Crippen LogP contribution in [0.2, 0.25) is 0 Å². The van der Waals surface area contributed by atoms with Crippen molar-refractivity contribution in [3.8, 4) is 0 Å². The summed E-state index contributed by atoms with van der Waals surface area (Å²) in [6.07, 6.45) is 0.308. The molecule has 0 aromatic carbocycles. The molecular weight excluding hydrogens is 247 g/mol. The molecule has 100 valence electrons. The highest BCUT2D eigenvalue weighted by Crippen LogP contribution is 2.54. The average molecular weight is 266 g/mol. The second-order valence-corrected chi connectivity index (χ2v) is 6.43. The van der Waals surface area contributed by atoms with Gasteiger partial charge < -0.3 is 9.53 Å². The van der Waals surface area contributed by atoms with Gasteiger partial charge in [0.1, 0.15) is 12.9 Å². The van der Waals surface area contributed by atoms with E-state index in [4.69, 9.17) is 18.3 Å². The summed E-state index contributed by atoms with van der Waals surface area (Å²) in [6, 6.07) is 0. The Balaban J connectivity index is 2.31. The van der Waals surface area contributed by atoms with E-state index in [0.717, 1.165) is 0 Å². The van der Waals surface area contributed by atoms with Gasteiger partial charge in [0, 0.05) is 5.41 Å². The van der Waals surface area contributed by atoms with E-state index in [1.54, 1.807) is 6.92 Å². The first-order valence-corrected chi connectivity index (χ1v) is 6.92. The molecule has 0 spiro atoms. The van der Waals surface area contributed by atoms with Crippen LogP contribution < -0.4 is 0 Å². The molecule has 0 radical (unpaired) electrons. The van der Waals surface area contributed by atoms with Crippen LogP contribution in [0.15, 0.2) is 0 Å². The molecular formula is C10H19O6P. The summed E-state index contributed by atoms with van der Waals surface area (Å²) in [7, 11) is -3.45. The molecule has 0 saturated carbocycles. The summed E-state index contributed by atoms with van der Waals surface area (Å²) >= 11 is 0. The monoisotopic (exact) mass is 266 g/mol. The zero-order valence-corrected chi connectivity index (χ0v) is 11.3. The maximum Gasteiger partial charge on any atom is 0.474 e. The molecule has 1 unspecified atom stereocenters. The first kappa shape index (κ1) is 14.8. The Labute approximate surface area is 101 Å². The molecule has 0 amide bonds. The molecule has 6 nitrogen and oxygen atoms in total. The Morgan fingerprint density at radius 3 is 2.53 bits per heavy atom. The smallest absolute Gasteiger partial charge is 0.369 e. The zero-order valence-electron chi connectivity index (χ0n) is 10.4. The number of carbonyl (C=O) groups is 1. The Bertz CT molecular complexity index is 289. The highest BCUT2D eigenvalue weighted by Gasteiger charge is 2.38. The number of phosphoric ester groups is 1. The maximum atomic E-state index is 11.9. The molecule has 1 rings (SSSR count). The fourth-order valence-electron chi connectivity index (χ4n) is 1.11. The number of hydrogen-bond acceptors (Lipinski definition) is 6. The van der Waals surface area contributed by atoms with Crippen molar-refractivity contribution in [3.05, 3.63) is 0 Å². The fourth-order valence-corrected chi connectivity index (χ4v) is 2.74. The summed E-state index contributed by atoms with van der Waals surface area (Å²) in [5, 5.41) is 0. The van der Waals surface area contributed by atoms with Crippen LogP contribution in [0.3, 0.4) is 0 Å². The van der Waals surface area contributed by atoms with Gasteiger partial charge in [0.05, 0.1) is 25.9 Å². The van der Waals surface area contributed by atoms with E-state index >= 15 is 0 Å². The molecule has 1 fully saturated rings. The minimum atomic E-state index is -3.45. The van der Waals surface area contributed by atoms with Gasteiger partial charge in [-0.15, -0.1) is 0 Å². The predicted molar refractivity (Wildman–Crippen MR) is 60.7 cm³/mol. The van der Waals surface area contributed by atoms with Gasteiger partial charge in [-0.25, -0.2) is 4.57 Å². The summed E-state index contributed by atoms with van der Waals surface area (Å²) in [5.41, 5.74) is -0.156. The molecule has 7 heteroatoms. The molecule has 0 N–H and O–H groups in total. The summed E-state index contributed by atoms with van der Waals surface area (Å²) < 4.78 is 32.3. The quantitative estimate of drug-likeness (QED) is 0.539. The van der Waals surface area contributed by atoms with Crippen LogP contribution in [0.1, 0.15) is 20.8 Å². The highest BCUT2D eigenvalue weighted by molar-refractivity contribution is 7.48. The van der Waals surface area contributed by atoms with Crippen molar-refractivity contribution in [1.82, 2.24) is 0 Å². The van der Waals surface area contributed by atoms with E-state index in [0.29, 0.717) is 19.5 Å². The molecule has 0 aromatic heterocycles. The first-order chi connectivity index (χ1) is 7.87. The number of hydrogen-bond donors (Lipinski definition) is 0. The Morgan fingerprint density at radius 2 is 2.00 bits per heavy atom. The second-order valence-electron chi connectivity index (χ2n) is 4.76. The lowest BCUT2D eigenvalue weighted by Gasteiger charge is -2.33. The topological polar surface area (TPSA) is 71.1 Å². The van der Waals surface area contributed by atoms with Crippen molar-refractivity contribution in [2.45, 2.75) is 26.9 Å². The molecule has 17 heavy (non-hydrogen) atoms. The Hall–Kier alpha value is -0.260. The van der Waals surface area contributed by atoms with Crippen molar-refractivity contribution in [2.24, 2.45) is 5.41 Å². The maximum absolute atomic E-state index is 11.9. The number of rotatable bonds is 6. The predicted octanol–water partition coefficient (Wildman–Crippen LogP) is 1.79. The third-order valence-electron chi connectivity index (χ3n) is 2.14. The van der Waals surface area contributed by atoms with Crippen LogP contribution in [0, 0.1) is 5.41 Å². The minimum absolute atomic E-state index is 0.0103. The van der Waals surface area contributed by atoms with Gasteiger partial charge >= 0.3 is 7.82 Å². The van der Waals surface area contributed by atoms with E-state index in [-0.39, 0.29) is 24.7 Å². The van der Waals surface area contributed by atoms with Gasteiger partial charge in [0.25, 0.3) is 0 Å². The van der Waals surface area contributed by atoms with Crippen molar-refractivity contribution in [2.75, 3.05) is 26.4 Å². The third-order valence-corrected chi connectivity index (χ3v) is 3.50. The van der Waals surface area contributed by atoms with Gasteiger partial charge in [0.15, 0.2) is 0 Å². The molecule has 0 aliphatic carbocycles. The van der Waals surface area contributed by atoms with Crippen molar-refractivity contribution in [1.29, 1.82) is 0 Å². The van der Waals surface area contributed by atoms with E-state index < -0.39 is 7.82 Å². The van der Waals surface area contributed by atoms with Gasteiger partial charge in [-0.1, -0.05) is 13.8 Å².